The highest BCUT2D eigenvalue weighted by atomic mass is 16.6. The largest absolute Gasteiger partial charge is 0.496 e. The second kappa shape index (κ2) is 12.5. The molecule has 0 radical (unpaired) electrons. The molecule has 0 aliphatic heterocycles. The average Bonchev–Trinajstić information content (AvgIpc) is 2.89. The minimum atomic E-state index is -0.514. The van der Waals surface area contributed by atoms with Gasteiger partial charge >= 0.3 is 6.09 Å². The van der Waals surface area contributed by atoms with E-state index in [1.54, 1.807) is 7.11 Å². The number of anilines is 2. The molecule has 39 heavy (non-hydrogen) atoms. The van der Waals surface area contributed by atoms with Gasteiger partial charge in [-0.2, -0.15) is 10.2 Å². The van der Waals surface area contributed by atoms with Crippen molar-refractivity contribution in [3.05, 3.63) is 41.1 Å². The Morgan fingerprint density at radius 3 is 2.59 bits per heavy atom. The number of amides is 1. The first-order valence-electron chi connectivity index (χ1n) is 13.7. The van der Waals surface area contributed by atoms with E-state index in [-0.39, 0.29) is 18.7 Å². The van der Waals surface area contributed by atoms with E-state index in [2.05, 4.69) is 32.0 Å². The summed E-state index contributed by atoms with van der Waals surface area (Å²) in [5.41, 5.74) is 1.53. The maximum Gasteiger partial charge on any atom is 0.407 e. The molecule has 0 saturated heterocycles. The number of rotatable bonds is 9. The third kappa shape index (κ3) is 7.51. The quantitative estimate of drug-likeness (QED) is 0.362. The molecule has 2 saturated carbocycles. The van der Waals surface area contributed by atoms with Crippen LogP contribution in [0, 0.1) is 29.1 Å². The summed E-state index contributed by atoms with van der Waals surface area (Å²) in [7, 11) is 1.60. The van der Waals surface area contributed by atoms with Gasteiger partial charge in [-0.3, -0.25) is 0 Å². The fourth-order valence-corrected chi connectivity index (χ4v) is 5.88. The van der Waals surface area contributed by atoms with Crippen LogP contribution in [-0.4, -0.2) is 46.5 Å². The van der Waals surface area contributed by atoms with E-state index in [4.69, 9.17) is 9.47 Å². The number of fused-ring (bicyclic) bond motifs is 2. The van der Waals surface area contributed by atoms with E-state index in [0.717, 1.165) is 36.8 Å². The van der Waals surface area contributed by atoms with Crippen LogP contribution in [0.5, 0.6) is 5.75 Å². The maximum atomic E-state index is 12.4. The Labute approximate surface area is 230 Å². The number of carbonyl (C=O) groups is 1. The fraction of sp³-hybridized carbons (Fsp3) is 0.586. The SMILES string of the molecule is COc1ccc(CO)cc1CNc1ncc(C#N)c(NCC2C[C@H]3CCC[C@@H](C2)[C@@H]3NC(=O)OC(C)(C)C)n1. The molecule has 1 aromatic carbocycles. The summed E-state index contributed by atoms with van der Waals surface area (Å²) >= 11 is 0. The maximum absolute atomic E-state index is 12.4. The van der Waals surface area contributed by atoms with Gasteiger partial charge in [0.2, 0.25) is 5.95 Å². The lowest BCUT2D eigenvalue weighted by atomic mass is 9.64. The van der Waals surface area contributed by atoms with Gasteiger partial charge in [0.1, 0.15) is 28.8 Å². The van der Waals surface area contributed by atoms with Crippen molar-refractivity contribution in [3.63, 3.8) is 0 Å². The molecule has 4 rings (SSSR count). The molecule has 4 N–H and O–H groups in total. The smallest absolute Gasteiger partial charge is 0.407 e. The molecule has 1 aromatic heterocycles. The number of nitriles is 1. The summed E-state index contributed by atoms with van der Waals surface area (Å²) in [6.07, 6.45) is 6.58. The van der Waals surface area contributed by atoms with E-state index in [1.165, 1.54) is 12.6 Å². The van der Waals surface area contributed by atoms with Gasteiger partial charge in [-0.25, -0.2) is 9.78 Å². The molecule has 2 fully saturated rings. The van der Waals surface area contributed by atoms with Crippen LogP contribution < -0.4 is 20.7 Å². The number of benzene rings is 1. The molecule has 2 aliphatic carbocycles. The van der Waals surface area contributed by atoms with Crippen LogP contribution in [0.1, 0.15) is 69.6 Å². The average molecular weight is 537 g/mol. The number of aromatic nitrogens is 2. The second-order valence-corrected chi connectivity index (χ2v) is 11.6. The molecule has 0 spiro atoms. The van der Waals surface area contributed by atoms with Gasteiger partial charge in [0, 0.05) is 24.7 Å². The zero-order valence-electron chi connectivity index (χ0n) is 23.3. The van der Waals surface area contributed by atoms with Gasteiger partial charge in [0.05, 0.1) is 19.9 Å². The summed E-state index contributed by atoms with van der Waals surface area (Å²) in [6.45, 7) is 6.69. The molecule has 2 bridgehead atoms. The number of nitrogens with zero attached hydrogens (tertiary/aromatic N) is 3. The third-order valence-electron chi connectivity index (χ3n) is 7.55. The van der Waals surface area contributed by atoms with Crippen molar-refractivity contribution in [2.75, 3.05) is 24.3 Å². The van der Waals surface area contributed by atoms with Crippen LogP contribution >= 0.6 is 0 Å². The second-order valence-electron chi connectivity index (χ2n) is 11.6. The molecule has 1 heterocycles. The predicted molar refractivity (Wildman–Crippen MR) is 148 cm³/mol. The van der Waals surface area contributed by atoms with Crippen LogP contribution in [0.3, 0.4) is 0 Å². The van der Waals surface area contributed by atoms with E-state index >= 15 is 0 Å². The topological polar surface area (TPSA) is 141 Å². The zero-order chi connectivity index (χ0) is 28.0. The van der Waals surface area contributed by atoms with Crippen molar-refractivity contribution in [2.24, 2.45) is 17.8 Å². The van der Waals surface area contributed by atoms with Crippen molar-refractivity contribution in [3.8, 4) is 11.8 Å². The number of ether oxygens (including phenoxy) is 2. The predicted octanol–water partition coefficient (Wildman–Crippen LogP) is 4.59. The van der Waals surface area contributed by atoms with Gasteiger partial charge in [0.15, 0.2) is 0 Å². The van der Waals surface area contributed by atoms with E-state index in [1.807, 2.05) is 39.0 Å². The summed E-state index contributed by atoms with van der Waals surface area (Å²) in [4.78, 5) is 21.3. The highest BCUT2D eigenvalue weighted by Crippen LogP contribution is 2.43. The first kappa shape index (κ1) is 28.4. The minimum Gasteiger partial charge on any atom is -0.496 e. The molecular weight excluding hydrogens is 496 g/mol. The lowest BCUT2D eigenvalue weighted by Gasteiger charge is -2.46. The van der Waals surface area contributed by atoms with Gasteiger partial charge < -0.3 is 30.5 Å². The number of carbonyl (C=O) groups excluding carboxylic acids is 1. The van der Waals surface area contributed by atoms with Crippen molar-refractivity contribution >= 4 is 17.9 Å². The Hall–Kier alpha value is -3.58. The van der Waals surface area contributed by atoms with Crippen molar-refractivity contribution in [1.29, 1.82) is 5.26 Å². The van der Waals surface area contributed by atoms with Crippen LogP contribution in [0.4, 0.5) is 16.6 Å². The first-order chi connectivity index (χ1) is 18.7. The molecular formula is C29H40N6O4. The Morgan fingerprint density at radius 1 is 1.21 bits per heavy atom. The molecule has 2 aliphatic rings. The summed E-state index contributed by atoms with van der Waals surface area (Å²) in [5.74, 6) is 2.86. The van der Waals surface area contributed by atoms with Crippen molar-refractivity contribution in [2.45, 2.75) is 77.7 Å². The van der Waals surface area contributed by atoms with Crippen molar-refractivity contribution < 1.29 is 19.4 Å². The lowest BCUT2D eigenvalue weighted by Crippen LogP contribution is -2.52. The van der Waals surface area contributed by atoms with Gasteiger partial charge in [-0.15, -0.1) is 0 Å². The number of aliphatic hydroxyl groups excluding tert-OH is 1. The van der Waals surface area contributed by atoms with Crippen LogP contribution in [0.15, 0.2) is 24.4 Å². The summed E-state index contributed by atoms with van der Waals surface area (Å²) in [6, 6.07) is 7.84. The molecule has 1 unspecified atom stereocenters. The Morgan fingerprint density at radius 2 is 1.95 bits per heavy atom. The fourth-order valence-electron chi connectivity index (χ4n) is 5.88. The highest BCUT2D eigenvalue weighted by Gasteiger charge is 2.41. The number of hydrogen-bond donors (Lipinski definition) is 4. The van der Waals surface area contributed by atoms with Gasteiger partial charge in [-0.1, -0.05) is 12.5 Å². The first-order valence-corrected chi connectivity index (χ1v) is 13.7. The number of alkyl carbamates (subject to hydrolysis) is 1. The summed E-state index contributed by atoms with van der Waals surface area (Å²) in [5, 5.41) is 28.9. The van der Waals surface area contributed by atoms with Crippen LogP contribution in [-0.2, 0) is 17.9 Å². The van der Waals surface area contributed by atoms with Gasteiger partial charge in [-0.05, 0) is 81.9 Å². The monoisotopic (exact) mass is 536 g/mol. The van der Waals surface area contributed by atoms with Crippen molar-refractivity contribution in [1.82, 2.24) is 15.3 Å². The molecule has 10 heteroatoms. The number of hydrogen-bond acceptors (Lipinski definition) is 9. The Kier molecular flexibility index (Phi) is 9.12. The van der Waals surface area contributed by atoms with E-state index < -0.39 is 5.60 Å². The number of aliphatic hydroxyl groups is 1. The van der Waals surface area contributed by atoms with Crippen LogP contribution in [0.2, 0.25) is 0 Å². The van der Waals surface area contributed by atoms with E-state index in [9.17, 15) is 15.2 Å². The summed E-state index contributed by atoms with van der Waals surface area (Å²) < 4.78 is 10.9. The molecule has 2 aromatic rings. The molecule has 210 valence electrons. The zero-order valence-corrected chi connectivity index (χ0v) is 23.3. The van der Waals surface area contributed by atoms with Crippen LogP contribution in [0.25, 0.3) is 0 Å². The standard InChI is InChI=1S/C29H40N6O4/c1-29(2,3)39-28(37)34-25-20-6-5-7-21(25)12-19(11-20)14-31-26-23(13-30)16-33-27(35-26)32-15-22-10-18(17-36)8-9-24(22)38-4/h8-10,16,19-21,25,36H,5-7,11-12,14-15,17H2,1-4H3,(H,34,37)(H2,31,32,33,35)/t19?,20-,21+,25-. The van der Waals surface area contributed by atoms with E-state index in [0.29, 0.717) is 53.9 Å². The number of methoxy groups -OCH3 is 1. The number of nitrogens with one attached hydrogen (secondary N) is 3. The highest BCUT2D eigenvalue weighted by molar-refractivity contribution is 5.68. The Bertz CT molecular complexity index is 1180. The van der Waals surface area contributed by atoms with Gasteiger partial charge in [0.25, 0.3) is 0 Å². The molecule has 1 amide bonds. The molecule has 10 nitrogen and oxygen atoms in total. The molecule has 4 atom stereocenters. The normalized spacial score (nSPS) is 22.4. The lowest BCUT2D eigenvalue weighted by molar-refractivity contribution is 0.0324. The minimum absolute atomic E-state index is 0.0564. The third-order valence-corrected chi connectivity index (χ3v) is 7.55. The Balaban J connectivity index is 1.37.